The van der Waals surface area contributed by atoms with Crippen molar-refractivity contribution in [2.45, 2.75) is 25.3 Å². The molecular weight excluding hydrogens is 442 g/mol. The maximum Gasteiger partial charge on any atom is 0.266 e. The molecule has 2 fully saturated rings. The number of benzene rings is 1. The Morgan fingerprint density at radius 1 is 1.06 bits per heavy atom. The Bertz CT molecular complexity index is 1170. The van der Waals surface area contributed by atoms with E-state index in [1.54, 1.807) is 12.1 Å². The number of carbonyl (C=O) groups excluding carboxylic acids is 2. The molecule has 1 aromatic heterocycles. The molecule has 2 saturated heterocycles. The summed E-state index contributed by atoms with van der Waals surface area (Å²) in [7, 11) is 0. The average molecular weight is 466 g/mol. The number of hydrogen-bond donors (Lipinski definition) is 0. The number of fused-ring (bicyclic) bond motifs is 4. The number of hydrogen-bond acceptors (Lipinski definition) is 5. The van der Waals surface area contributed by atoms with Gasteiger partial charge in [-0.2, -0.15) is 0 Å². The van der Waals surface area contributed by atoms with Gasteiger partial charge in [-0.1, -0.05) is 60.4 Å². The minimum Gasteiger partial charge on any atom is -0.342 e. The number of thioether (sulfide) groups is 1. The van der Waals surface area contributed by atoms with Crippen LogP contribution in [0.15, 0.2) is 58.2 Å². The van der Waals surface area contributed by atoms with Crippen LogP contribution in [0.4, 0.5) is 0 Å². The van der Waals surface area contributed by atoms with Gasteiger partial charge in [-0.25, -0.2) is 0 Å². The Morgan fingerprint density at radius 3 is 2.69 bits per heavy atom. The first-order valence-electron chi connectivity index (χ1n) is 10.8. The Morgan fingerprint density at radius 2 is 1.88 bits per heavy atom. The van der Waals surface area contributed by atoms with Crippen molar-refractivity contribution in [3.63, 3.8) is 0 Å². The highest BCUT2D eigenvalue weighted by Gasteiger charge is 2.37. The second-order valence-corrected chi connectivity index (χ2v) is 10.2. The van der Waals surface area contributed by atoms with Crippen LogP contribution >= 0.6 is 24.0 Å². The molecule has 2 amide bonds. The molecule has 0 N–H and O–H groups in total. The van der Waals surface area contributed by atoms with Gasteiger partial charge in [-0.3, -0.25) is 19.3 Å². The molecule has 2 aromatic rings. The van der Waals surface area contributed by atoms with Crippen molar-refractivity contribution in [1.82, 2.24) is 14.4 Å². The molecule has 2 atom stereocenters. The molecule has 5 rings (SSSR count). The summed E-state index contributed by atoms with van der Waals surface area (Å²) in [5.41, 5.74) is 2.01. The van der Waals surface area contributed by atoms with Gasteiger partial charge < -0.3 is 9.47 Å². The molecule has 3 aliphatic rings. The summed E-state index contributed by atoms with van der Waals surface area (Å²) >= 11 is 6.69. The smallest absolute Gasteiger partial charge is 0.266 e. The van der Waals surface area contributed by atoms with Crippen molar-refractivity contribution < 1.29 is 9.59 Å². The number of pyridine rings is 1. The van der Waals surface area contributed by atoms with Gasteiger partial charge in [0.05, 0.1) is 4.91 Å². The van der Waals surface area contributed by atoms with Crippen LogP contribution in [0.3, 0.4) is 0 Å². The van der Waals surface area contributed by atoms with E-state index >= 15 is 0 Å². The minimum absolute atomic E-state index is 0.0347. The monoisotopic (exact) mass is 465 g/mol. The maximum absolute atomic E-state index is 13.0. The summed E-state index contributed by atoms with van der Waals surface area (Å²) in [5.74, 6) is 0.370. The first-order chi connectivity index (χ1) is 15.5. The Balaban J connectivity index is 1.23. The lowest BCUT2D eigenvalue weighted by Gasteiger charge is -2.42. The van der Waals surface area contributed by atoms with Gasteiger partial charge in [0.2, 0.25) is 5.91 Å². The van der Waals surface area contributed by atoms with Gasteiger partial charge in [-0.05, 0) is 30.0 Å². The molecule has 6 nitrogen and oxygen atoms in total. The standard InChI is InChI=1S/C24H23N3O3S2/c28-21(25-13-17-11-18(15-25)19-7-4-8-22(29)27(19)14-17)9-10-26-23(30)20(32-24(26)31)12-16-5-2-1-3-6-16/h1-8,12,17-18H,9-11,13-15H2. The Kier molecular flexibility index (Phi) is 5.73. The van der Waals surface area contributed by atoms with E-state index in [1.807, 2.05) is 51.9 Å². The lowest BCUT2D eigenvalue weighted by Crippen LogP contribution is -2.49. The van der Waals surface area contributed by atoms with Gasteiger partial charge in [-0.15, -0.1) is 0 Å². The summed E-state index contributed by atoms with van der Waals surface area (Å²) in [6.45, 7) is 2.22. The average Bonchev–Trinajstić information content (AvgIpc) is 3.05. The zero-order valence-corrected chi connectivity index (χ0v) is 19.1. The fourth-order valence-corrected chi connectivity index (χ4v) is 6.17. The van der Waals surface area contributed by atoms with Gasteiger partial charge in [0.1, 0.15) is 4.32 Å². The van der Waals surface area contributed by atoms with Crippen LogP contribution in [0.2, 0.25) is 0 Å². The second kappa shape index (κ2) is 8.67. The Labute approximate surface area is 195 Å². The van der Waals surface area contributed by atoms with E-state index in [4.69, 9.17) is 12.2 Å². The van der Waals surface area contributed by atoms with Crippen LogP contribution < -0.4 is 5.56 Å². The molecule has 1 aromatic carbocycles. The fourth-order valence-electron chi connectivity index (χ4n) is 4.86. The summed E-state index contributed by atoms with van der Waals surface area (Å²) in [6.07, 6.45) is 3.09. The zero-order chi connectivity index (χ0) is 22.2. The van der Waals surface area contributed by atoms with Gasteiger partial charge in [0, 0.05) is 50.3 Å². The molecule has 2 unspecified atom stereocenters. The SMILES string of the molecule is O=C(CCN1C(=O)C(=Cc2ccccc2)SC1=S)N1CC2CC(C1)c1cccc(=O)n1C2. The molecule has 164 valence electrons. The molecule has 3 aliphatic heterocycles. The van der Waals surface area contributed by atoms with Crippen molar-refractivity contribution in [2.75, 3.05) is 19.6 Å². The number of likely N-dealkylation sites (tertiary alicyclic amines) is 1. The maximum atomic E-state index is 13.0. The third-order valence-corrected chi connectivity index (χ3v) is 7.73. The lowest BCUT2D eigenvalue weighted by atomic mass is 9.83. The van der Waals surface area contributed by atoms with E-state index in [1.165, 1.54) is 16.7 Å². The predicted molar refractivity (Wildman–Crippen MR) is 129 cm³/mol. The number of amides is 2. The van der Waals surface area contributed by atoms with Crippen LogP contribution in [-0.2, 0) is 16.1 Å². The molecule has 0 saturated carbocycles. The van der Waals surface area contributed by atoms with E-state index < -0.39 is 0 Å². The highest BCUT2D eigenvalue weighted by molar-refractivity contribution is 8.26. The first kappa shape index (κ1) is 21.2. The van der Waals surface area contributed by atoms with E-state index in [0.29, 0.717) is 28.9 Å². The van der Waals surface area contributed by atoms with Crippen LogP contribution in [-0.4, -0.2) is 50.1 Å². The van der Waals surface area contributed by atoms with Crippen LogP contribution in [0.25, 0.3) is 6.08 Å². The van der Waals surface area contributed by atoms with Crippen LogP contribution in [0, 0.1) is 5.92 Å². The molecule has 0 radical (unpaired) electrons. The van der Waals surface area contributed by atoms with E-state index in [9.17, 15) is 14.4 Å². The highest BCUT2D eigenvalue weighted by atomic mass is 32.2. The molecule has 0 aliphatic carbocycles. The van der Waals surface area contributed by atoms with Crippen molar-refractivity contribution in [2.24, 2.45) is 5.92 Å². The summed E-state index contributed by atoms with van der Waals surface area (Å²) in [4.78, 5) is 42.0. The third-order valence-electron chi connectivity index (χ3n) is 6.35. The van der Waals surface area contributed by atoms with E-state index in [2.05, 4.69) is 0 Å². The summed E-state index contributed by atoms with van der Waals surface area (Å²) in [6, 6.07) is 15.1. The fraction of sp³-hybridized carbons (Fsp3) is 0.333. The summed E-state index contributed by atoms with van der Waals surface area (Å²) < 4.78 is 2.36. The minimum atomic E-state index is -0.138. The number of thiocarbonyl (C=S) groups is 1. The molecule has 2 bridgehead atoms. The lowest BCUT2D eigenvalue weighted by molar-refractivity contribution is -0.134. The normalized spacial score (nSPS) is 23.6. The largest absolute Gasteiger partial charge is 0.342 e. The quantitative estimate of drug-likeness (QED) is 0.513. The van der Waals surface area contributed by atoms with Gasteiger partial charge in [0.25, 0.3) is 11.5 Å². The molecule has 8 heteroatoms. The number of carbonyl (C=O) groups is 2. The van der Waals surface area contributed by atoms with E-state index in [0.717, 1.165) is 17.7 Å². The summed E-state index contributed by atoms with van der Waals surface area (Å²) in [5, 5.41) is 0. The first-order valence-corrected chi connectivity index (χ1v) is 12.0. The molecule has 4 heterocycles. The third kappa shape index (κ3) is 4.04. The van der Waals surface area contributed by atoms with Gasteiger partial charge >= 0.3 is 0 Å². The second-order valence-electron chi connectivity index (χ2n) is 8.49. The van der Waals surface area contributed by atoms with E-state index in [-0.39, 0.29) is 42.2 Å². The molecule has 32 heavy (non-hydrogen) atoms. The highest BCUT2D eigenvalue weighted by Crippen LogP contribution is 2.36. The topological polar surface area (TPSA) is 62.6 Å². The molecular formula is C24H23N3O3S2. The number of nitrogens with zero attached hydrogens (tertiary/aromatic N) is 3. The Hall–Kier alpha value is -2.71. The number of aromatic nitrogens is 1. The van der Waals surface area contributed by atoms with Crippen molar-refractivity contribution in [3.8, 4) is 0 Å². The van der Waals surface area contributed by atoms with Crippen LogP contribution in [0.5, 0.6) is 0 Å². The number of rotatable bonds is 4. The van der Waals surface area contributed by atoms with Gasteiger partial charge in [0.15, 0.2) is 0 Å². The number of piperidine rings is 1. The zero-order valence-electron chi connectivity index (χ0n) is 17.5. The van der Waals surface area contributed by atoms with Crippen molar-refractivity contribution in [3.05, 3.63) is 75.0 Å². The van der Waals surface area contributed by atoms with Crippen molar-refractivity contribution in [1.29, 1.82) is 0 Å². The molecule has 0 spiro atoms. The van der Waals surface area contributed by atoms with Crippen molar-refractivity contribution >= 4 is 46.2 Å². The predicted octanol–water partition coefficient (Wildman–Crippen LogP) is 3.09. The van der Waals surface area contributed by atoms with Crippen LogP contribution in [0.1, 0.15) is 30.0 Å².